The summed E-state index contributed by atoms with van der Waals surface area (Å²) in [6.07, 6.45) is 3.38. The number of rotatable bonds is 2. The highest BCUT2D eigenvalue weighted by Gasteiger charge is 2.21. The molecule has 19 heavy (non-hydrogen) atoms. The highest BCUT2D eigenvalue weighted by Crippen LogP contribution is 2.24. The summed E-state index contributed by atoms with van der Waals surface area (Å²) in [5.74, 6) is 0.129. The third-order valence-corrected chi connectivity index (χ3v) is 3.09. The number of amides is 1. The summed E-state index contributed by atoms with van der Waals surface area (Å²) < 4.78 is 1.89. The number of fused-ring (bicyclic) bond motifs is 1. The van der Waals surface area contributed by atoms with E-state index in [1.54, 1.807) is 18.6 Å². The van der Waals surface area contributed by atoms with E-state index in [0.29, 0.717) is 5.56 Å². The number of hydrogen-bond acceptors (Lipinski definition) is 3. The number of aromatic hydroxyl groups is 1. The van der Waals surface area contributed by atoms with Crippen LogP contribution in [-0.4, -0.2) is 20.4 Å². The highest BCUT2D eigenvalue weighted by molar-refractivity contribution is 5.81. The molecular weight excluding hydrogens is 242 g/mol. The number of imidazole rings is 1. The fourth-order valence-corrected chi connectivity index (χ4v) is 1.90. The summed E-state index contributed by atoms with van der Waals surface area (Å²) in [7, 11) is 0. The average molecular weight is 261 g/mol. The monoisotopic (exact) mass is 261 g/mol. The molecule has 2 rings (SSSR count). The first-order valence-corrected chi connectivity index (χ1v) is 6.22. The summed E-state index contributed by atoms with van der Waals surface area (Å²) >= 11 is 0. The number of aromatic nitrogens is 2. The molecule has 0 saturated heterocycles. The maximum absolute atomic E-state index is 11.9. The Kier molecular flexibility index (Phi) is 3.22. The van der Waals surface area contributed by atoms with Crippen LogP contribution in [-0.2, 0) is 11.3 Å². The van der Waals surface area contributed by atoms with E-state index in [1.165, 1.54) is 0 Å². The van der Waals surface area contributed by atoms with Gasteiger partial charge in [0.1, 0.15) is 5.75 Å². The van der Waals surface area contributed by atoms with E-state index in [-0.39, 0.29) is 18.2 Å². The SMILES string of the molecule is Cc1cc(O)c(CNC(=O)C(C)(C)C)c2cncn12. The maximum Gasteiger partial charge on any atom is 0.225 e. The summed E-state index contributed by atoms with van der Waals surface area (Å²) in [5, 5.41) is 12.9. The van der Waals surface area contributed by atoms with E-state index < -0.39 is 5.41 Å². The van der Waals surface area contributed by atoms with Crippen molar-refractivity contribution >= 4 is 11.4 Å². The van der Waals surface area contributed by atoms with Gasteiger partial charge in [0, 0.05) is 23.2 Å². The molecule has 0 radical (unpaired) electrons. The zero-order chi connectivity index (χ0) is 14.2. The third-order valence-electron chi connectivity index (χ3n) is 3.09. The predicted octanol–water partition coefficient (Wildman–Crippen LogP) is 2.01. The zero-order valence-corrected chi connectivity index (χ0v) is 11.7. The van der Waals surface area contributed by atoms with E-state index in [2.05, 4.69) is 10.3 Å². The molecule has 0 aliphatic carbocycles. The first kappa shape index (κ1) is 13.4. The Morgan fingerprint density at radius 2 is 2.16 bits per heavy atom. The van der Waals surface area contributed by atoms with Gasteiger partial charge in [0.05, 0.1) is 18.0 Å². The summed E-state index contributed by atoms with van der Waals surface area (Å²) in [4.78, 5) is 16.0. The fraction of sp³-hybridized carbons (Fsp3) is 0.429. The van der Waals surface area contributed by atoms with E-state index in [9.17, 15) is 9.90 Å². The molecule has 0 fully saturated rings. The van der Waals surface area contributed by atoms with Crippen LogP contribution in [0.15, 0.2) is 18.6 Å². The minimum atomic E-state index is -0.448. The van der Waals surface area contributed by atoms with Crippen molar-refractivity contribution < 1.29 is 9.90 Å². The predicted molar refractivity (Wildman–Crippen MR) is 72.9 cm³/mol. The number of nitrogens with one attached hydrogen (secondary N) is 1. The van der Waals surface area contributed by atoms with Crippen LogP contribution in [0.1, 0.15) is 32.0 Å². The van der Waals surface area contributed by atoms with Crippen molar-refractivity contribution in [2.45, 2.75) is 34.2 Å². The second-order valence-electron chi connectivity index (χ2n) is 5.73. The molecule has 5 nitrogen and oxygen atoms in total. The van der Waals surface area contributed by atoms with Gasteiger partial charge in [-0.1, -0.05) is 20.8 Å². The number of carbonyl (C=O) groups excluding carboxylic acids is 1. The molecule has 0 aliphatic rings. The standard InChI is InChI=1S/C14H19N3O2/c1-9-5-12(18)10(11-7-15-8-17(9)11)6-16-13(19)14(2,3)4/h5,7-8,18H,6H2,1-4H3,(H,16,19). The van der Waals surface area contributed by atoms with Crippen molar-refractivity contribution in [2.24, 2.45) is 5.41 Å². The first-order valence-electron chi connectivity index (χ1n) is 6.22. The van der Waals surface area contributed by atoms with E-state index >= 15 is 0 Å². The topological polar surface area (TPSA) is 66.6 Å². The van der Waals surface area contributed by atoms with Crippen molar-refractivity contribution in [3.8, 4) is 5.75 Å². The molecule has 0 aromatic carbocycles. The summed E-state index contributed by atoms with van der Waals surface area (Å²) in [6.45, 7) is 7.74. The molecule has 0 saturated carbocycles. The van der Waals surface area contributed by atoms with Crippen molar-refractivity contribution in [1.82, 2.24) is 14.7 Å². The third kappa shape index (κ3) is 2.54. The fourth-order valence-electron chi connectivity index (χ4n) is 1.90. The molecule has 2 aromatic heterocycles. The van der Waals surface area contributed by atoms with E-state index in [4.69, 9.17) is 0 Å². The lowest BCUT2D eigenvalue weighted by molar-refractivity contribution is -0.128. The van der Waals surface area contributed by atoms with Gasteiger partial charge >= 0.3 is 0 Å². The van der Waals surface area contributed by atoms with Crippen LogP contribution in [0, 0.1) is 12.3 Å². The minimum absolute atomic E-state index is 0.0508. The molecule has 2 aromatic rings. The van der Waals surface area contributed by atoms with Gasteiger partial charge in [-0.25, -0.2) is 4.98 Å². The average Bonchev–Trinajstić information content (AvgIpc) is 2.76. The largest absolute Gasteiger partial charge is 0.507 e. The van der Waals surface area contributed by atoms with E-state index in [0.717, 1.165) is 11.2 Å². The lowest BCUT2D eigenvalue weighted by Gasteiger charge is -2.18. The van der Waals surface area contributed by atoms with Crippen LogP contribution in [0.3, 0.4) is 0 Å². The van der Waals surface area contributed by atoms with E-state index in [1.807, 2.05) is 32.1 Å². The van der Waals surface area contributed by atoms with Gasteiger partial charge in [-0.2, -0.15) is 0 Å². The van der Waals surface area contributed by atoms with Gasteiger partial charge in [0.25, 0.3) is 0 Å². The summed E-state index contributed by atoms with van der Waals surface area (Å²) in [6, 6.07) is 1.67. The zero-order valence-electron chi connectivity index (χ0n) is 11.7. The maximum atomic E-state index is 11.9. The molecule has 0 bridgehead atoms. The molecule has 2 N–H and O–H groups in total. The normalized spacial score (nSPS) is 11.8. The number of nitrogens with zero attached hydrogens (tertiary/aromatic N) is 2. The van der Waals surface area contributed by atoms with Crippen LogP contribution in [0.4, 0.5) is 0 Å². The Bertz CT molecular complexity index is 623. The Balaban J connectivity index is 2.31. The van der Waals surface area contributed by atoms with Crippen LogP contribution in [0.5, 0.6) is 5.75 Å². The molecule has 5 heteroatoms. The van der Waals surface area contributed by atoms with Crippen molar-refractivity contribution in [3.63, 3.8) is 0 Å². The Hall–Kier alpha value is -2.04. The van der Waals surface area contributed by atoms with Crippen LogP contribution >= 0.6 is 0 Å². The van der Waals surface area contributed by atoms with Crippen molar-refractivity contribution in [1.29, 1.82) is 0 Å². The molecule has 0 aliphatic heterocycles. The Labute approximate surface area is 112 Å². The smallest absolute Gasteiger partial charge is 0.225 e. The van der Waals surface area contributed by atoms with Crippen molar-refractivity contribution in [2.75, 3.05) is 0 Å². The molecule has 2 heterocycles. The lowest BCUT2D eigenvalue weighted by Crippen LogP contribution is -2.34. The van der Waals surface area contributed by atoms with Crippen molar-refractivity contribution in [3.05, 3.63) is 29.8 Å². The molecule has 1 amide bonds. The van der Waals surface area contributed by atoms with Crippen LogP contribution in [0.25, 0.3) is 5.52 Å². The number of aryl methyl sites for hydroxylation is 1. The first-order chi connectivity index (χ1) is 8.80. The summed E-state index contributed by atoms with van der Waals surface area (Å²) in [5.41, 5.74) is 1.94. The molecule has 102 valence electrons. The second kappa shape index (κ2) is 4.57. The highest BCUT2D eigenvalue weighted by atomic mass is 16.3. The van der Waals surface area contributed by atoms with Gasteiger partial charge < -0.3 is 14.8 Å². The van der Waals surface area contributed by atoms with Crippen LogP contribution in [0.2, 0.25) is 0 Å². The number of carbonyl (C=O) groups is 1. The minimum Gasteiger partial charge on any atom is -0.507 e. The second-order valence-corrected chi connectivity index (χ2v) is 5.73. The molecule has 0 spiro atoms. The van der Waals surface area contributed by atoms with Gasteiger partial charge in [0.2, 0.25) is 5.91 Å². The molecule has 0 atom stereocenters. The number of pyridine rings is 1. The lowest BCUT2D eigenvalue weighted by atomic mass is 9.95. The van der Waals surface area contributed by atoms with Gasteiger partial charge in [-0.3, -0.25) is 4.79 Å². The Morgan fingerprint density at radius 3 is 2.79 bits per heavy atom. The van der Waals surface area contributed by atoms with Crippen LogP contribution < -0.4 is 5.32 Å². The Morgan fingerprint density at radius 1 is 1.47 bits per heavy atom. The molecule has 0 unspecified atom stereocenters. The quantitative estimate of drug-likeness (QED) is 0.869. The van der Waals surface area contributed by atoms with Gasteiger partial charge in [-0.05, 0) is 13.0 Å². The number of hydrogen-bond donors (Lipinski definition) is 2. The molecular formula is C14H19N3O2. The van der Waals surface area contributed by atoms with Gasteiger partial charge in [-0.15, -0.1) is 0 Å². The van der Waals surface area contributed by atoms with Gasteiger partial charge in [0.15, 0.2) is 0 Å².